The summed E-state index contributed by atoms with van der Waals surface area (Å²) < 4.78 is 17.5. The third-order valence-corrected chi connectivity index (χ3v) is 1.93. The maximum absolute atomic E-state index is 12.7. The highest BCUT2D eigenvalue weighted by molar-refractivity contribution is 6.30. The molecule has 0 aliphatic carbocycles. The summed E-state index contributed by atoms with van der Waals surface area (Å²) in [6.45, 7) is 2.07. The zero-order valence-corrected chi connectivity index (χ0v) is 8.47. The zero-order chi connectivity index (χ0) is 10.6. The molecule has 0 saturated heterocycles. The van der Waals surface area contributed by atoms with Crippen molar-refractivity contribution in [1.82, 2.24) is 0 Å². The van der Waals surface area contributed by atoms with Crippen molar-refractivity contribution in [2.45, 2.75) is 13.3 Å². The number of hydrogen-bond acceptors (Lipinski definition) is 2. The number of carbonyl (C=O) groups excluding carboxylic acids is 1. The van der Waals surface area contributed by atoms with Crippen LogP contribution >= 0.6 is 11.6 Å². The first-order chi connectivity index (χ1) is 6.63. The average Bonchev–Trinajstić information content (AvgIpc) is 2.12. The SMILES string of the molecule is CCOC(=O)Cc1ccc(F)c(Cl)c1. The van der Waals surface area contributed by atoms with Gasteiger partial charge in [0.2, 0.25) is 0 Å². The van der Waals surface area contributed by atoms with Crippen LogP contribution in [0.2, 0.25) is 5.02 Å². The molecule has 0 heterocycles. The van der Waals surface area contributed by atoms with Crippen molar-refractivity contribution in [2.24, 2.45) is 0 Å². The average molecular weight is 217 g/mol. The van der Waals surface area contributed by atoms with E-state index in [-0.39, 0.29) is 17.4 Å². The molecule has 0 saturated carbocycles. The Labute approximate surface area is 86.6 Å². The van der Waals surface area contributed by atoms with Gasteiger partial charge in [-0.25, -0.2) is 4.39 Å². The van der Waals surface area contributed by atoms with E-state index in [0.29, 0.717) is 12.2 Å². The minimum Gasteiger partial charge on any atom is -0.466 e. The van der Waals surface area contributed by atoms with Gasteiger partial charge in [-0.15, -0.1) is 0 Å². The molecule has 0 spiro atoms. The van der Waals surface area contributed by atoms with Crippen molar-refractivity contribution in [3.05, 3.63) is 34.6 Å². The third-order valence-electron chi connectivity index (χ3n) is 1.64. The summed E-state index contributed by atoms with van der Waals surface area (Å²) in [7, 11) is 0. The fourth-order valence-electron chi connectivity index (χ4n) is 1.03. The maximum Gasteiger partial charge on any atom is 0.310 e. The number of halogens is 2. The lowest BCUT2D eigenvalue weighted by Gasteiger charge is -2.02. The monoisotopic (exact) mass is 216 g/mol. The first kappa shape index (κ1) is 11.0. The van der Waals surface area contributed by atoms with E-state index in [0.717, 1.165) is 0 Å². The molecule has 0 aromatic heterocycles. The molecule has 4 heteroatoms. The van der Waals surface area contributed by atoms with E-state index < -0.39 is 5.82 Å². The summed E-state index contributed by atoms with van der Waals surface area (Å²) in [5.74, 6) is -0.825. The van der Waals surface area contributed by atoms with Crippen molar-refractivity contribution in [3.63, 3.8) is 0 Å². The summed E-state index contributed by atoms with van der Waals surface area (Å²) in [5, 5.41) is 0.0202. The highest BCUT2D eigenvalue weighted by atomic mass is 35.5. The van der Waals surface area contributed by atoms with Gasteiger partial charge in [0.05, 0.1) is 18.1 Å². The molecule has 0 radical (unpaired) electrons. The van der Waals surface area contributed by atoms with E-state index in [1.807, 2.05) is 0 Å². The molecule has 1 aromatic carbocycles. The number of benzene rings is 1. The highest BCUT2D eigenvalue weighted by Crippen LogP contribution is 2.16. The maximum atomic E-state index is 12.7. The normalized spacial score (nSPS) is 9.93. The molecule has 0 atom stereocenters. The van der Waals surface area contributed by atoms with Gasteiger partial charge in [0.25, 0.3) is 0 Å². The fraction of sp³-hybridized carbons (Fsp3) is 0.300. The van der Waals surface area contributed by atoms with Gasteiger partial charge in [0.15, 0.2) is 0 Å². The van der Waals surface area contributed by atoms with Crippen LogP contribution in [0, 0.1) is 5.82 Å². The van der Waals surface area contributed by atoms with E-state index in [9.17, 15) is 9.18 Å². The van der Waals surface area contributed by atoms with Crippen LogP contribution in [0.5, 0.6) is 0 Å². The van der Waals surface area contributed by atoms with Gasteiger partial charge in [0.1, 0.15) is 5.82 Å². The predicted octanol–water partition coefficient (Wildman–Crippen LogP) is 2.58. The van der Waals surface area contributed by atoms with Crippen LogP contribution in [-0.4, -0.2) is 12.6 Å². The summed E-state index contributed by atoms with van der Waals surface area (Å²) in [5.41, 5.74) is 0.648. The van der Waals surface area contributed by atoms with Crippen LogP contribution in [0.4, 0.5) is 4.39 Å². The summed E-state index contributed by atoms with van der Waals surface area (Å²) in [6.07, 6.45) is 0.119. The molecule has 1 rings (SSSR count). The smallest absolute Gasteiger partial charge is 0.310 e. The summed E-state index contributed by atoms with van der Waals surface area (Å²) in [6, 6.07) is 4.17. The second-order valence-electron chi connectivity index (χ2n) is 2.73. The van der Waals surface area contributed by atoms with Crippen LogP contribution in [0.15, 0.2) is 18.2 Å². The Morgan fingerprint density at radius 2 is 2.29 bits per heavy atom. The molecular weight excluding hydrogens is 207 g/mol. The van der Waals surface area contributed by atoms with E-state index in [4.69, 9.17) is 16.3 Å². The Hall–Kier alpha value is -1.09. The summed E-state index contributed by atoms with van der Waals surface area (Å²) >= 11 is 5.55. The van der Waals surface area contributed by atoms with Gasteiger partial charge in [-0.3, -0.25) is 4.79 Å². The van der Waals surface area contributed by atoms with Gasteiger partial charge < -0.3 is 4.74 Å². The van der Waals surface area contributed by atoms with Gasteiger partial charge in [-0.2, -0.15) is 0 Å². The van der Waals surface area contributed by atoms with Crippen LogP contribution in [0.1, 0.15) is 12.5 Å². The van der Waals surface area contributed by atoms with Crippen LogP contribution in [-0.2, 0) is 16.0 Å². The van der Waals surface area contributed by atoms with Gasteiger partial charge in [-0.05, 0) is 24.6 Å². The van der Waals surface area contributed by atoms with Crippen LogP contribution < -0.4 is 0 Å². The van der Waals surface area contributed by atoms with E-state index in [1.165, 1.54) is 18.2 Å². The second-order valence-corrected chi connectivity index (χ2v) is 3.14. The van der Waals surface area contributed by atoms with E-state index in [2.05, 4.69) is 0 Å². The second kappa shape index (κ2) is 4.96. The first-order valence-electron chi connectivity index (χ1n) is 4.23. The Kier molecular flexibility index (Phi) is 3.89. The first-order valence-corrected chi connectivity index (χ1v) is 4.61. The Morgan fingerprint density at radius 3 is 2.86 bits per heavy atom. The van der Waals surface area contributed by atoms with Crippen molar-refractivity contribution >= 4 is 17.6 Å². The van der Waals surface area contributed by atoms with E-state index >= 15 is 0 Å². The molecule has 1 aromatic rings. The molecule has 0 fully saturated rings. The molecule has 0 aliphatic heterocycles. The highest BCUT2D eigenvalue weighted by Gasteiger charge is 2.06. The lowest BCUT2D eigenvalue weighted by molar-refractivity contribution is -0.142. The lowest BCUT2D eigenvalue weighted by Crippen LogP contribution is -2.07. The predicted molar refractivity (Wildman–Crippen MR) is 51.7 cm³/mol. The van der Waals surface area contributed by atoms with E-state index in [1.54, 1.807) is 6.92 Å². The van der Waals surface area contributed by atoms with Gasteiger partial charge in [0, 0.05) is 0 Å². The van der Waals surface area contributed by atoms with Crippen molar-refractivity contribution in [3.8, 4) is 0 Å². The Bertz CT molecular complexity index is 339. The third kappa shape index (κ3) is 3.00. The molecule has 2 nitrogen and oxygen atoms in total. The fourth-order valence-corrected chi connectivity index (χ4v) is 1.23. The molecule has 76 valence electrons. The largest absolute Gasteiger partial charge is 0.466 e. The Balaban J connectivity index is 2.68. The van der Waals surface area contributed by atoms with Crippen LogP contribution in [0.3, 0.4) is 0 Å². The molecular formula is C10H10ClFO2. The van der Waals surface area contributed by atoms with Gasteiger partial charge in [-0.1, -0.05) is 17.7 Å². The number of hydrogen-bond donors (Lipinski definition) is 0. The molecule has 0 N–H and O–H groups in total. The Morgan fingerprint density at radius 1 is 1.57 bits per heavy atom. The summed E-state index contributed by atoms with van der Waals surface area (Å²) in [4.78, 5) is 11.0. The number of esters is 1. The van der Waals surface area contributed by atoms with Crippen molar-refractivity contribution in [1.29, 1.82) is 0 Å². The zero-order valence-electron chi connectivity index (χ0n) is 7.72. The number of ether oxygens (including phenoxy) is 1. The van der Waals surface area contributed by atoms with Crippen LogP contribution in [0.25, 0.3) is 0 Å². The molecule has 0 aliphatic rings. The van der Waals surface area contributed by atoms with Crippen molar-refractivity contribution < 1.29 is 13.9 Å². The quantitative estimate of drug-likeness (QED) is 0.726. The minimum atomic E-state index is -0.487. The molecule has 14 heavy (non-hydrogen) atoms. The minimum absolute atomic E-state index is 0.0202. The molecule has 0 amide bonds. The standard InChI is InChI=1S/C10H10ClFO2/c1-2-14-10(13)6-7-3-4-9(12)8(11)5-7/h3-5H,2,6H2,1H3. The number of rotatable bonds is 3. The molecule has 0 bridgehead atoms. The topological polar surface area (TPSA) is 26.3 Å². The van der Waals surface area contributed by atoms with Crippen molar-refractivity contribution in [2.75, 3.05) is 6.61 Å². The molecule has 0 unspecified atom stereocenters. The number of carbonyl (C=O) groups is 1. The van der Waals surface area contributed by atoms with Gasteiger partial charge >= 0.3 is 5.97 Å². The lowest BCUT2D eigenvalue weighted by atomic mass is 10.1.